The molecule has 0 radical (unpaired) electrons. The lowest BCUT2D eigenvalue weighted by Gasteiger charge is -2.15. The van der Waals surface area contributed by atoms with E-state index in [0.717, 1.165) is 5.56 Å². The minimum absolute atomic E-state index is 0.0249. The molecule has 1 aliphatic carbocycles. The van der Waals surface area contributed by atoms with Gasteiger partial charge in [-0.25, -0.2) is 0 Å². The summed E-state index contributed by atoms with van der Waals surface area (Å²) in [5.41, 5.74) is 0.998. The zero-order valence-electron chi connectivity index (χ0n) is 15.8. The molecule has 2 aliphatic rings. The number of fused-ring (bicyclic) bond motifs is 1. The van der Waals surface area contributed by atoms with Gasteiger partial charge in [-0.05, 0) is 17.7 Å². The molecule has 1 aromatic heterocycles. The predicted molar refractivity (Wildman–Crippen MR) is 105 cm³/mol. The summed E-state index contributed by atoms with van der Waals surface area (Å²) >= 11 is 6.12. The number of hydrogen-bond donors (Lipinski definition) is 2. The predicted octanol–water partition coefficient (Wildman–Crippen LogP) is 2.71. The van der Waals surface area contributed by atoms with Crippen LogP contribution in [-0.2, 0) is 4.74 Å². The number of halogens is 1. The number of benzene rings is 1. The fourth-order valence-electron chi connectivity index (χ4n) is 3.94. The largest absolute Gasteiger partial charge is 0.454 e. The fourth-order valence-corrected chi connectivity index (χ4v) is 4.13. The van der Waals surface area contributed by atoms with Gasteiger partial charge in [0, 0.05) is 42.4 Å². The summed E-state index contributed by atoms with van der Waals surface area (Å²) in [5, 5.41) is 15.4. The van der Waals surface area contributed by atoms with Crippen molar-refractivity contribution in [2.75, 3.05) is 20.3 Å². The lowest BCUT2D eigenvalue weighted by molar-refractivity contribution is 0.0919. The summed E-state index contributed by atoms with van der Waals surface area (Å²) in [6.07, 6.45) is 0.0733. The van der Waals surface area contributed by atoms with Crippen LogP contribution in [0.2, 0.25) is 5.02 Å². The van der Waals surface area contributed by atoms with Crippen molar-refractivity contribution in [3.63, 3.8) is 0 Å². The maximum Gasteiger partial charge on any atom is 0.286 e. The molecular weight excluding hydrogens is 394 g/mol. The van der Waals surface area contributed by atoms with Crippen LogP contribution >= 0.6 is 11.6 Å². The smallest absolute Gasteiger partial charge is 0.286 e. The summed E-state index contributed by atoms with van der Waals surface area (Å²) in [6.45, 7) is 1.30. The highest BCUT2D eigenvalue weighted by Gasteiger charge is 2.55. The molecule has 0 spiro atoms. The van der Waals surface area contributed by atoms with Gasteiger partial charge in [0.1, 0.15) is 5.76 Å². The Morgan fingerprint density at radius 2 is 2.03 bits per heavy atom. The molecule has 2 heterocycles. The molecule has 1 aromatic carbocycles. The molecule has 2 N–H and O–H groups in total. The maximum atomic E-state index is 13.0. The molecule has 1 saturated heterocycles. The van der Waals surface area contributed by atoms with E-state index >= 15 is 0 Å². The summed E-state index contributed by atoms with van der Waals surface area (Å²) in [6, 6.07) is 10.7. The van der Waals surface area contributed by atoms with Crippen molar-refractivity contribution in [2.45, 2.75) is 18.4 Å². The Bertz CT molecular complexity index is 986. The molecular formula is C21H20ClN3O4. The van der Waals surface area contributed by atoms with Gasteiger partial charge in [-0.1, -0.05) is 23.7 Å². The molecule has 8 heteroatoms. The molecule has 4 rings (SSSR count). The molecule has 150 valence electrons. The molecule has 2 amide bonds. The van der Waals surface area contributed by atoms with Crippen LogP contribution in [-0.4, -0.2) is 38.1 Å². The number of nitrogens with one attached hydrogen (secondary N) is 2. The van der Waals surface area contributed by atoms with E-state index in [1.807, 2.05) is 6.07 Å². The minimum Gasteiger partial charge on any atom is -0.454 e. The lowest BCUT2D eigenvalue weighted by atomic mass is 9.91. The summed E-state index contributed by atoms with van der Waals surface area (Å²) < 4.78 is 11.2. The van der Waals surface area contributed by atoms with E-state index in [1.165, 1.54) is 13.1 Å². The third kappa shape index (κ3) is 3.74. The number of furan rings is 1. The summed E-state index contributed by atoms with van der Waals surface area (Å²) in [4.78, 5) is 25.2. The van der Waals surface area contributed by atoms with E-state index < -0.39 is 11.8 Å². The van der Waals surface area contributed by atoms with Gasteiger partial charge in [0.2, 0.25) is 0 Å². The van der Waals surface area contributed by atoms with Crippen molar-refractivity contribution in [1.29, 1.82) is 5.26 Å². The first kappa shape index (κ1) is 19.5. The quantitative estimate of drug-likeness (QED) is 0.757. The van der Waals surface area contributed by atoms with Crippen molar-refractivity contribution in [2.24, 2.45) is 11.8 Å². The third-order valence-corrected chi connectivity index (χ3v) is 5.80. The standard InChI is InChI=1S/C21H20ClN3O4/c1-24-21(27)17-8-14(20(26)25-18-15-9-28-10-16(15)18)19(29-17)13(5-6-23)11-3-2-4-12(22)7-11/h2-4,7-8,13,15-16,18H,5,9-10H2,1H3,(H,24,27)(H,25,26)/t13?,15-,16+,18?. The monoisotopic (exact) mass is 413 g/mol. The highest BCUT2D eigenvalue weighted by atomic mass is 35.5. The highest BCUT2D eigenvalue weighted by molar-refractivity contribution is 6.30. The number of ether oxygens (including phenoxy) is 1. The highest BCUT2D eigenvalue weighted by Crippen LogP contribution is 2.44. The topological polar surface area (TPSA) is 104 Å². The molecule has 7 nitrogen and oxygen atoms in total. The number of carbonyl (C=O) groups excluding carboxylic acids is 2. The Hall–Kier alpha value is -2.82. The van der Waals surface area contributed by atoms with Crippen LogP contribution < -0.4 is 10.6 Å². The van der Waals surface area contributed by atoms with E-state index in [9.17, 15) is 14.9 Å². The van der Waals surface area contributed by atoms with Crippen LogP contribution in [0.4, 0.5) is 0 Å². The van der Waals surface area contributed by atoms with E-state index in [-0.39, 0.29) is 35.5 Å². The normalized spacial score (nSPS) is 23.0. The van der Waals surface area contributed by atoms with Crippen molar-refractivity contribution >= 4 is 23.4 Å². The Morgan fingerprint density at radius 3 is 2.69 bits per heavy atom. The Morgan fingerprint density at radius 1 is 1.28 bits per heavy atom. The molecule has 4 atom stereocenters. The molecule has 0 bridgehead atoms. The van der Waals surface area contributed by atoms with Gasteiger partial charge < -0.3 is 19.8 Å². The van der Waals surface area contributed by atoms with Crippen LogP contribution in [0.3, 0.4) is 0 Å². The molecule has 1 aliphatic heterocycles. The Labute approximate surface area is 173 Å². The van der Waals surface area contributed by atoms with Gasteiger partial charge in [0.15, 0.2) is 5.76 Å². The summed E-state index contributed by atoms with van der Waals surface area (Å²) in [7, 11) is 1.49. The van der Waals surface area contributed by atoms with E-state index in [4.69, 9.17) is 20.8 Å². The second-order valence-electron chi connectivity index (χ2n) is 7.30. The van der Waals surface area contributed by atoms with Gasteiger partial charge in [-0.2, -0.15) is 5.26 Å². The SMILES string of the molecule is CNC(=O)c1cc(C(=O)NC2[C@H]3COC[C@@H]23)c(C(CC#N)c2cccc(Cl)c2)o1. The van der Waals surface area contributed by atoms with E-state index in [0.29, 0.717) is 30.1 Å². The van der Waals surface area contributed by atoms with Crippen LogP contribution in [0.5, 0.6) is 0 Å². The molecule has 2 unspecified atom stereocenters. The molecule has 2 aromatic rings. The number of nitriles is 1. The van der Waals surface area contributed by atoms with Crippen molar-refractivity contribution in [1.82, 2.24) is 10.6 Å². The van der Waals surface area contributed by atoms with Crippen molar-refractivity contribution in [3.05, 3.63) is 58.0 Å². The third-order valence-electron chi connectivity index (χ3n) is 5.57. The number of hydrogen-bond acceptors (Lipinski definition) is 5. The summed E-state index contributed by atoms with van der Waals surface area (Å²) in [5.74, 6) is -0.290. The minimum atomic E-state index is -0.528. The Balaban J connectivity index is 1.69. The van der Waals surface area contributed by atoms with Crippen LogP contribution in [0, 0.1) is 23.2 Å². The zero-order valence-corrected chi connectivity index (χ0v) is 16.5. The number of nitrogens with zero attached hydrogens (tertiary/aromatic N) is 1. The average Bonchev–Trinajstić information content (AvgIpc) is 3.10. The number of rotatable bonds is 6. The molecule has 1 saturated carbocycles. The van der Waals surface area contributed by atoms with Crippen LogP contribution in [0.1, 0.15) is 44.6 Å². The lowest BCUT2D eigenvalue weighted by Crippen LogP contribution is -2.30. The van der Waals surface area contributed by atoms with Gasteiger partial charge in [-0.15, -0.1) is 0 Å². The van der Waals surface area contributed by atoms with Gasteiger partial charge in [-0.3, -0.25) is 9.59 Å². The molecule has 2 fully saturated rings. The Kier molecular flexibility index (Phi) is 5.31. The number of amides is 2. The first-order valence-corrected chi connectivity index (χ1v) is 9.78. The fraction of sp³-hybridized carbons (Fsp3) is 0.381. The number of carbonyl (C=O) groups is 2. The second kappa shape index (κ2) is 7.90. The van der Waals surface area contributed by atoms with E-state index in [1.54, 1.807) is 18.2 Å². The van der Waals surface area contributed by atoms with Crippen molar-refractivity contribution < 1.29 is 18.7 Å². The van der Waals surface area contributed by atoms with Crippen LogP contribution in [0.25, 0.3) is 0 Å². The van der Waals surface area contributed by atoms with Gasteiger partial charge >= 0.3 is 0 Å². The van der Waals surface area contributed by atoms with Gasteiger partial charge in [0.25, 0.3) is 11.8 Å². The average molecular weight is 414 g/mol. The van der Waals surface area contributed by atoms with Crippen LogP contribution in [0.15, 0.2) is 34.7 Å². The second-order valence-corrected chi connectivity index (χ2v) is 7.74. The first-order valence-electron chi connectivity index (χ1n) is 9.40. The van der Waals surface area contributed by atoms with Crippen molar-refractivity contribution in [3.8, 4) is 6.07 Å². The van der Waals surface area contributed by atoms with Gasteiger partial charge in [0.05, 0.1) is 30.8 Å². The maximum absolute atomic E-state index is 13.0. The van der Waals surface area contributed by atoms with E-state index in [2.05, 4.69) is 16.7 Å². The zero-order chi connectivity index (χ0) is 20.5. The molecule has 29 heavy (non-hydrogen) atoms. The first-order chi connectivity index (χ1) is 14.0.